The molecule has 0 bridgehead atoms. The number of rotatable bonds is 7. The van der Waals surface area contributed by atoms with E-state index in [0.717, 1.165) is 0 Å². The van der Waals surface area contributed by atoms with Crippen LogP contribution in [0.4, 0.5) is 0 Å². The molecule has 0 saturated carbocycles. The molecule has 2 heteroatoms. The fourth-order valence-corrected chi connectivity index (χ4v) is 10.7. The van der Waals surface area contributed by atoms with Gasteiger partial charge in [-0.05, 0) is 60.7 Å². The van der Waals surface area contributed by atoms with E-state index >= 15 is 0 Å². The first-order valence-electron chi connectivity index (χ1n) is 11.5. The Bertz CT molecular complexity index is 1180. The quantitative estimate of drug-likeness (QED) is 0.234. The molecule has 0 aromatic heterocycles. The minimum absolute atomic E-state index is 0.639. The normalized spacial score (nSPS) is 11.7. The second-order valence-electron chi connectivity index (χ2n) is 8.07. The van der Waals surface area contributed by atoms with Crippen LogP contribution in [-0.2, 0) is 0 Å². The highest BCUT2D eigenvalue weighted by atomic mass is 31.2. The van der Waals surface area contributed by atoms with Crippen LogP contribution < -0.4 is 26.5 Å². The summed E-state index contributed by atoms with van der Waals surface area (Å²) in [5.41, 5.74) is 0. The van der Waals surface area contributed by atoms with Gasteiger partial charge in [-0.3, -0.25) is 0 Å². The summed E-state index contributed by atoms with van der Waals surface area (Å²) in [4.78, 5) is 0. The van der Waals surface area contributed by atoms with Gasteiger partial charge in [0.25, 0.3) is 0 Å². The van der Waals surface area contributed by atoms with E-state index in [2.05, 4.69) is 163 Å². The molecule has 0 spiro atoms. The third-order valence-corrected chi connectivity index (χ3v) is 12.3. The summed E-state index contributed by atoms with van der Waals surface area (Å²) < 4.78 is 0. The Kier molecular flexibility index (Phi) is 7.11. The van der Waals surface area contributed by atoms with Crippen molar-refractivity contribution in [1.82, 2.24) is 0 Å². The van der Waals surface area contributed by atoms with Crippen molar-refractivity contribution in [2.75, 3.05) is 0 Å². The molecular weight excluding hydrogens is 446 g/mol. The Labute approximate surface area is 204 Å². The fraction of sp³-hybridized carbons (Fsp3) is 0. The van der Waals surface area contributed by atoms with Gasteiger partial charge in [0.1, 0.15) is 23.2 Å². The van der Waals surface area contributed by atoms with Crippen molar-refractivity contribution in [2.24, 2.45) is 0 Å². The van der Waals surface area contributed by atoms with Crippen molar-refractivity contribution in [3.05, 3.63) is 163 Å². The molecule has 5 rings (SSSR count). The summed E-state index contributed by atoms with van der Waals surface area (Å²) in [6.07, 6.45) is 0. The van der Waals surface area contributed by atoms with E-state index in [-0.39, 0.29) is 0 Å². The van der Waals surface area contributed by atoms with Gasteiger partial charge in [-0.2, -0.15) is 0 Å². The molecular formula is C32H27P2+. The van der Waals surface area contributed by atoms with E-state index in [1.807, 2.05) is 0 Å². The average molecular weight is 474 g/mol. The first-order chi connectivity index (χ1) is 16.9. The molecule has 164 valence electrons. The van der Waals surface area contributed by atoms with Gasteiger partial charge in [0.05, 0.1) is 5.82 Å². The standard InChI is InChI=1S/C32H27P2/c1-6-16-28(17-7-1)33(29-18-8-2-9-19-29)26-27-34(30-20-10-3-11-21-30,31-22-12-4-13-23-31)32-24-14-5-15-25-32/h1-27H/q+1/b27-26+. The Balaban J connectivity index is 1.75. The molecule has 0 heterocycles. The fourth-order valence-electron chi connectivity index (χ4n) is 4.36. The van der Waals surface area contributed by atoms with Crippen LogP contribution in [0.2, 0.25) is 0 Å². The van der Waals surface area contributed by atoms with Crippen LogP contribution in [0.15, 0.2) is 163 Å². The second kappa shape index (κ2) is 10.8. The largest absolute Gasteiger partial charge is 0.137 e. The number of benzene rings is 5. The van der Waals surface area contributed by atoms with Crippen LogP contribution in [0.25, 0.3) is 0 Å². The summed E-state index contributed by atoms with van der Waals surface area (Å²) in [7, 11) is -2.65. The highest BCUT2D eigenvalue weighted by Gasteiger charge is 2.43. The lowest BCUT2D eigenvalue weighted by Gasteiger charge is -2.25. The van der Waals surface area contributed by atoms with Gasteiger partial charge < -0.3 is 0 Å². The second-order valence-corrected chi connectivity index (χ2v) is 13.4. The maximum atomic E-state index is 2.55. The molecule has 0 fully saturated rings. The van der Waals surface area contributed by atoms with Crippen LogP contribution in [-0.4, -0.2) is 0 Å². The summed E-state index contributed by atoms with van der Waals surface area (Å²) in [6.45, 7) is 0. The topological polar surface area (TPSA) is 0 Å². The van der Waals surface area contributed by atoms with Gasteiger partial charge >= 0.3 is 0 Å². The van der Waals surface area contributed by atoms with E-state index in [0.29, 0.717) is 0 Å². The predicted octanol–water partition coefficient (Wildman–Crippen LogP) is 6.58. The lowest BCUT2D eigenvalue weighted by molar-refractivity contribution is 1.72. The van der Waals surface area contributed by atoms with Crippen molar-refractivity contribution in [2.45, 2.75) is 0 Å². The van der Waals surface area contributed by atoms with Crippen LogP contribution in [0, 0.1) is 0 Å². The molecule has 0 amide bonds. The van der Waals surface area contributed by atoms with E-state index in [1.54, 1.807) is 0 Å². The smallest absolute Gasteiger partial charge is 0.0622 e. The molecule has 5 aromatic carbocycles. The third-order valence-electron chi connectivity index (χ3n) is 6.00. The van der Waals surface area contributed by atoms with E-state index in [4.69, 9.17) is 0 Å². The van der Waals surface area contributed by atoms with E-state index in [1.165, 1.54) is 26.5 Å². The summed E-state index contributed by atoms with van der Waals surface area (Å²) in [6, 6.07) is 54.9. The maximum Gasteiger partial charge on any atom is 0.137 e. The van der Waals surface area contributed by atoms with Crippen LogP contribution >= 0.6 is 15.2 Å². The van der Waals surface area contributed by atoms with Gasteiger partial charge in [-0.1, -0.05) is 115 Å². The molecule has 34 heavy (non-hydrogen) atoms. The zero-order valence-corrected chi connectivity index (χ0v) is 20.8. The van der Waals surface area contributed by atoms with Gasteiger partial charge in [-0.15, -0.1) is 0 Å². The summed E-state index contributed by atoms with van der Waals surface area (Å²) >= 11 is 0. The molecule has 0 aliphatic carbocycles. The average Bonchev–Trinajstić information content (AvgIpc) is 2.94. The first-order valence-corrected chi connectivity index (χ1v) is 14.8. The van der Waals surface area contributed by atoms with Crippen LogP contribution in [0.1, 0.15) is 0 Å². The van der Waals surface area contributed by atoms with Crippen LogP contribution in [0.3, 0.4) is 0 Å². The molecule has 0 atom stereocenters. The molecule has 0 aliphatic heterocycles. The zero-order chi connectivity index (χ0) is 23.1. The van der Waals surface area contributed by atoms with Gasteiger partial charge in [0.15, 0.2) is 0 Å². The van der Waals surface area contributed by atoms with Crippen molar-refractivity contribution < 1.29 is 0 Å². The lowest BCUT2D eigenvalue weighted by Crippen LogP contribution is -2.29. The van der Waals surface area contributed by atoms with Crippen molar-refractivity contribution in [3.8, 4) is 0 Å². The molecule has 0 nitrogen and oxygen atoms in total. The minimum Gasteiger partial charge on any atom is -0.0622 e. The van der Waals surface area contributed by atoms with Crippen molar-refractivity contribution in [1.29, 1.82) is 0 Å². The Morgan fingerprint density at radius 1 is 0.382 bits per heavy atom. The maximum absolute atomic E-state index is 2.55. The molecule has 5 aromatic rings. The Morgan fingerprint density at radius 3 is 1.00 bits per heavy atom. The van der Waals surface area contributed by atoms with Crippen LogP contribution in [0.5, 0.6) is 0 Å². The highest BCUT2D eigenvalue weighted by molar-refractivity contribution is 7.98. The number of hydrogen-bond donors (Lipinski definition) is 0. The Morgan fingerprint density at radius 2 is 0.676 bits per heavy atom. The third kappa shape index (κ3) is 4.67. The molecule has 0 N–H and O–H groups in total. The van der Waals surface area contributed by atoms with Gasteiger partial charge in [0.2, 0.25) is 0 Å². The monoisotopic (exact) mass is 473 g/mol. The van der Waals surface area contributed by atoms with E-state index < -0.39 is 15.2 Å². The predicted molar refractivity (Wildman–Crippen MR) is 153 cm³/mol. The van der Waals surface area contributed by atoms with Crippen molar-refractivity contribution in [3.63, 3.8) is 0 Å². The minimum atomic E-state index is -2.01. The number of hydrogen-bond acceptors (Lipinski definition) is 0. The van der Waals surface area contributed by atoms with Gasteiger partial charge in [-0.25, -0.2) is 0 Å². The zero-order valence-electron chi connectivity index (χ0n) is 19.0. The molecule has 0 unspecified atom stereocenters. The first kappa shape index (κ1) is 22.5. The van der Waals surface area contributed by atoms with Gasteiger partial charge in [0, 0.05) is 0 Å². The SMILES string of the molecule is C(=C\[P+](c1ccccc1)(c1ccccc1)c1ccccc1)/P(c1ccccc1)c1ccccc1. The van der Waals surface area contributed by atoms with E-state index in [9.17, 15) is 0 Å². The summed E-state index contributed by atoms with van der Waals surface area (Å²) in [5, 5.41) is 6.86. The molecule has 0 radical (unpaired) electrons. The molecule has 0 aliphatic rings. The lowest BCUT2D eigenvalue weighted by atomic mass is 10.4. The van der Waals surface area contributed by atoms with Crippen molar-refractivity contribution >= 4 is 41.7 Å². The molecule has 0 saturated heterocycles. The Hall–Kier alpha value is -3.30. The summed E-state index contributed by atoms with van der Waals surface area (Å²) in [5.74, 6) is 5.06. The highest BCUT2D eigenvalue weighted by Crippen LogP contribution is 2.58.